The Morgan fingerprint density at radius 3 is 1.71 bits per heavy atom. The normalized spacial score (nSPS) is 14.7. The van der Waals surface area contributed by atoms with Crippen molar-refractivity contribution in [3.05, 3.63) is 60.7 Å². The zero-order chi connectivity index (χ0) is 20.9. The van der Waals surface area contributed by atoms with Crippen molar-refractivity contribution >= 4 is 24.5 Å². The van der Waals surface area contributed by atoms with Crippen molar-refractivity contribution < 1.29 is 14.3 Å². The first kappa shape index (κ1) is 22.5. The van der Waals surface area contributed by atoms with Crippen molar-refractivity contribution in [1.29, 1.82) is 0 Å². The van der Waals surface area contributed by atoms with Crippen LogP contribution < -0.4 is 10.4 Å². The van der Waals surface area contributed by atoms with Crippen LogP contribution in [0.25, 0.3) is 0 Å². The van der Waals surface area contributed by atoms with Crippen LogP contribution in [0.1, 0.15) is 48.0 Å². The van der Waals surface area contributed by atoms with Gasteiger partial charge in [-0.1, -0.05) is 95.3 Å². The van der Waals surface area contributed by atoms with E-state index in [0.29, 0.717) is 0 Å². The molecule has 28 heavy (non-hydrogen) atoms. The summed E-state index contributed by atoms with van der Waals surface area (Å²) >= 11 is 0. The number of aliphatic hydroxyl groups excluding tert-OH is 1. The molecule has 152 valence electrons. The van der Waals surface area contributed by atoms with Crippen LogP contribution in [0, 0.1) is 5.92 Å². The molecule has 0 aromatic heterocycles. The topological polar surface area (TPSA) is 46.5 Å². The van der Waals surface area contributed by atoms with E-state index in [0.717, 1.165) is 0 Å². The van der Waals surface area contributed by atoms with E-state index in [1.807, 2.05) is 57.2 Å². The van der Waals surface area contributed by atoms with Gasteiger partial charge in [-0.05, 0) is 22.3 Å². The molecule has 0 saturated heterocycles. The summed E-state index contributed by atoms with van der Waals surface area (Å²) in [5, 5.41) is 12.9. The van der Waals surface area contributed by atoms with E-state index in [1.165, 1.54) is 10.4 Å². The van der Waals surface area contributed by atoms with Crippen LogP contribution in [0.5, 0.6) is 0 Å². The summed E-state index contributed by atoms with van der Waals surface area (Å²) in [6.07, 6.45) is -1.15. The highest BCUT2D eigenvalue weighted by Crippen LogP contribution is 2.37. The summed E-state index contributed by atoms with van der Waals surface area (Å²) in [6, 6.07) is 20.7. The highest BCUT2D eigenvalue weighted by atomic mass is 28.4. The first-order valence-electron chi connectivity index (χ1n) is 10.1. The Hall–Kier alpha value is -1.75. The molecule has 0 heterocycles. The van der Waals surface area contributed by atoms with Gasteiger partial charge in [0.25, 0.3) is 8.32 Å². The van der Waals surface area contributed by atoms with E-state index in [1.54, 1.807) is 0 Å². The maximum atomic E-state index is 12.2. The molecule has 4 heteroatoms. The minimum absolute atomic E-state index is 0.0606. The number of Topliss-reactive ketones (excluding diaryl/α,β-unsaturated/α-hetero) is 1. The number of carbonyl (C=O) groups excluding carboxylic acids is 1. The van der Waals surface area contributed by atoms with Crippen molar-refractivity contribution in [1.82, 2.24) is 0 Å². The summed E-state index contributed by atoms with van der Waals surface area (Å²) < 4.78 is 6.85. The van der Waals surface area contributed by atoms with Crippen molar-refractivity contribution in [3.8, 4) is 0 Å². The van der Waals surface area contributed by atoms with Gasteiger partial charge in [0.05, 0.1) is 12.2 Å². The van der Waals surface area contributed by atoms with Gasteiger partial charge in [0.15, 0.2) is 0 Å². The highest BCUT2D eigenvalue weighted by molar-refractivity contribution is 6.99. The van der Waals surface area contributed by atoms with E-state index in [-0.39, 0.29) is 23.2 Å². The number of hydrogen-bond acceptors (Lipinski definition) is 3. The first-order valence-corrected chi connectivity index (χ1v) is 12.0. The smallest absolute Gasteiger partial charge is 0.261 e. The fourth-order valence-corrected chi connectivity index (χ4v) is 8.39. The average molecular weight is 399 g/mol. The number of carbonyl (C=O) groups is 1. The van der Waals surface area contributed by atoms with E-state index in [4.69, 9.17) is 4.43 Å². The lowest BCUT2D eigenvalue weighted by Gasteiger charge is -2.45. The van der Waals surface area contributed by atoms with Crippen LogP contribution in [0.3, 0.4) is 0 Å². The second kappa shape index (κ2) is 9.16. The quantitative estimate of drug-likeness (QED) is 0.686. The standard InChI is InChI=1S/C24H34O3Si/c1-18(2)22(25)17-23(26)19(3)27-28(24(4,5)6,20-13-9-7-10-14-20)21-15-11-8-12-16-21/h7-16,18-19,23,26H,17H2,1-6H3/t19-,23+/m0/s1. The summed E-state index contributed by atoms with van der Waals surface area (Å²) in [7, 11) is -2.72. The third kappa shape index (κ3) is 4.80. The molecule has 1 N–H and O–H groups in total. The molecule has 2 aromatic rings. The fraction of sp³-hybridized carbons (Fsp3) is 0.458. The molecule has 2 rings (SSSR count). The zero-order valence-corrected chi connectivity index (χ0v) is 19.0. The van der Waals surface area contributed by atoms with Gasteiger partial charge in [-0.15, -0.1) is 0 Å². The molecule has 3 nitrogen and oxygen atoms in total. The Morgan fingerprint density at radius 2 is 1.36 bits per heavy atom. The van der Waals surface area contributed by atoms with E-state index in [9.17, 15) is 9.90 Å². The molecular formula is C24H34O3Si. The number of rotatable bonds is 8. The van der Waals surface area contributed by atoms with Crippen LogP contribution in [0.2, 0.25) is 5.04 Å². The maximum absolute atomic E-state index is 12.2. The molecular weight excluding hydrogens is 364 g/mol. The second-order valence-corrected chi connectivity index (χ2v) is 13.1. The van der Waals surface area contributed by atoms with E-state index in [2.05, 4.69) is 45.0 Å². The lowest BCUT2D eigenvalue weighted by atomic mass is 10.0. The minimum atomic E-state index is -2.72. The molecule has 0 aliphatic carbocycles. The van der Waals surface area contributed by atoms with Gasteiger partial charge >= 0.3 is 0 Å². The summed E-state index contributed by atoms with van der Waals surface area (Å²) in [6.45, 7) is 12.2. The average Bonchev–Trinajstić information content (AvgIpc) is 2.66. The molecule has 0 saturated carbocycles. The van der Waals surface area contributed by atoms with Crippen LogP contribution in [-0.2, 0) is 9.22 Å². The SMILES string of the molecule is CC(C)C(=O)C[C@@H](O)[C@H](C)O[Si](c1ccccc1)(c1ccccc1)C(C)(C)C. The predicted molar refractivity (Wildman–Crippen MR) is 119 cm³/mol. The molecule has 0 aliphatic heterocycles. The molecule has 0 amide bonds. The first-order chi connectivity index (χ1) is 13.1. The lowest BCUT2D eigenvalue weighted by Crippen LogP contribution is -2.68. The zero-order valence-electron chi connectivity index (χ0n) is 18.0. The molecule has 2 aromatic carbocycles. The monoisotopic (exact) mass is 398 g/mol. The van der Waals surface area contributed by atoms with Crippen LogP contribution >= 0.6 is 0 Å². The van der Waals surface area contributed by atoms with E-state index >= 15 is 0 Å². The number of aliphatic hydroxyl groups is 1. The maximum Gasteiger partial charge on any atom is 0.261 e. The Labute approximate surface area is 170 Å². The van der Waals surface area contributed by atoms with Crippen molar-refractivity contribution in [2.45, 2.75) is 65.2 Å². The van der Waals surface area contributed by atoms with Crippen molar-refractivity contribution in [2.75, 3.05) is 0 Å². The Bertz CT molecular complexity index is 711. The molecule has 0 radical (unpaired) electrons. The number of hydrogen-bond donors (Lipinski definition) is 1. The summed E-state index contributed by atoms with van der Waals surface area (Å²) in [5.74, 6) is -0.0277. The van der Waals surface area contributed by atoms with Gasteiger partial charge in [0, 0.05) is 12.3 Å². The minimum Gasteiger partial charge on any atom is -0.402 e. The fourth-order valence-electron chi connectivity index (χ4n) is 3.66. The Kier molecular flexibility index (Phi) is 7.37. The van der Waals surface area contributed by atoms with Crippen LogP contribution in [0.15, 0.2) is 60.7 Å². The molecule has 0 bridgehead atoms. The van der Waals surface area contributed by atoms with Gasteiger partial charge in [-0.2, -0.15) is 0 Å². The molecule has 0 fully saturated rings. The van der Waals surface area contributed by atoms with Gasteiger partial charge < -0.3 is 9.53 Å². The summed E-state index contributed by atoms with van der Waals surface area (Å²) in [4.78, 5) is 12.2. The van der Waals surface area contributed by atoms with Crippen LogP contribution in [-0.4, -0.2) is 31.4 Å². The largest absolute Gasteiger partial charge is 0.402 e. The van der Waals surface area contributed by atoms with Crippen LogP contribution in [0.4, 0.5) is 0 Å². The number of benzene rings is 2. The molecule has 2 atom stereocenters. The van der Waals surface area contributed by atoms with Gasteiger partial charge in [-0.3, -0.25) is 4.79 Å². The third-order valence-electron chi connectivity index (χ3n) is 5.38. The van der Waals surface area contributed by atoms with Crippen molar-refractivity contribution in [3.63, 3.8) is 0 Å². The van der Waals surface area contributed by atoms with Gasteiger partial charge in [0.2, 0.25) is 0 Å². The van der Waals surface area contributed by atoms with Gasteiger partial charge in [0.1, 0.15) is 5.78 Å². The third-order valence-corrected chi connectivity index (χ3v) is 10.5. The predicted octanol–water partition coefficient (Wildman–Crippen LogP) is 3.93. The second-order valence-electron chi connectivity index (χ2n) is 8.88. The Morgan fingerprint density at radius 1 is 0.929 bits per heavy atom. The highest BCUT2D eigenvalue weighted by Gasteiger charge is 2.51. The molecule has 0 spiro atoms. The Balaban J connectivity index is 2.51. The molecule has 0 aliphatic rings. The van der Waals surface area contributed by atoms with Gasteiger partial charge in [-0.25, -0.2) is 0 Å². The van der Waals surface area contributed by atoms with E-state index < -0.39 is 20.5 Å². The number of ketones is 1. The van der Waals surface area contributed by atoms with Crippen molar-refractivity contribution in [2.24, 2.45) is 5.92 Å². The summed E-state index contributed by atoms with van der Waals surface area (Å²) in [5.41, 5.74) is 0. The molecule has 0 unspecified atom stereocenters. The lowest BCUT2D eigenvalue weighted by molar-refractivity contribution is -0.125.